The minimum Gasteiger partial charge on any atom is -0.490 e. The van der Waals surface area contributed by atoms with Gasteiger partial charge in [-0.1, -0.05) is 7.43 Å². The summed E-state index contributed by atoms with van der Waals surface area (Å²) >= 11 is 0. The van der Waals surface area contributed by atoms with E-state index in [0.717, 1.165) is 27.3 Å². The number of Topliss-reactive ketones (excluding diaryl/α,β-unsaturated/α-hetero) is 1. The Hall–Kier alpha value is -12.9. The second kappa shape index (κ2) is 26.7. The van der Waals surface area contributed by atoms with Crippen LogP contribution in [-0.2, 0) is 49.9 Å². The summed E-state index contributed by atoms with van der Waals surface area (Å²) in [7, 11) is 13.9. The SMILES string of the molecule is C.COc1c2c(cc3c1OC(=O)C1C3C3C(=O)NC(=O)N(C)C31)C1C(O2)C2C1C(=O)NC(=O)N2C.COc1c2c(cc3ccoc13)C1C3C(=O)CC(=O)N(C)C3C1C(=O)O2.COc1c2occc2cc2ccc(=O)oc12.Cn1ccc(=O)[nH]c1=O.Cn1ccc(=O)[nH]c1=O.Cn1ccc(=O)[nH]c1=O. The number of piperidine rings is 1. The Morgan fingerprint density at radius 2 is 0.864 bits per heavy atom. The maximum absolute atomic E-state index is 13.0. The molecule has 18 rings (SSSR count). The Morgan fingerprint density at radius 3 is 1.37 bits per heavy atom. The molecule has 35 heteroatoms. The van der Waals surface area contributed by atoms with Crippen molar-refractivity contribution in [2.24, 2.45) is 50.7 Å². The Labute approximate surface area is 577 Å². The molecule has 6 aliphatic heterocycles. The van der Waals surface area contributed by atoms with Crippen LogP contribution < -0.4 is 78.4 Å². The first-order valence-electron chi connectivity index (χ1n) is 31.3. The van der Waals surface area contributed by atoms with E-state index in [0.29, 0.717) is 45.3 Å². The van der Waals surface area contributed by atoms with Gasteiger partial charge in [0.05, 0.1) is 82.1 Å². The van der Waals surface area contributed by atoms with Gasteiger partial charge in [-0.25, -0.2) is 28.8 Å². The van der Waals surface area contributed by atoms with Gasteiger partial charge in [0.25, 0.3) is 16.7 Å². The molecule has 103 heavy (non-hydrogen) atoms. The van der Waals surface area contributed by atoms with Crippen LogP contribution in [0.2, 0.25) is 0 Å². The molecule has 3 saturated carbocycles. The number of carbonyl (C=O) groups is 8. The average molecular weight is 1420 g/mol. The van der Waals surface area contributed by atoms with Gasteiger partial charge < -0.3 is 70.1 Å². The first-order chi connectivity index (χ1) is 48.7. The Bertz CT molecular complexity index is 5360. The number of hydrogen-bond acceptors (Lipinski definition) is 24. The number of urea groups is 2. The van der Waals surface area contributed by atoms with Gasteiger partial charge in [-0.05, 0) is 36.4 Å². The van der Waals surface area contributed by atoms with Gasteiger partial charge >= 0.3 is 46.7 Å². The number of imide groups is 2. The number of likely N-dealkylation sites (N-methyl/N-ethyl adjacent to an activating group) is 1. The van der Waals surface area contributed by atoms with Gasteiger partial charge in [-0.15, -0.1) is 0 Å². The number of aromatic nitrogens is 6. The van der Waals surface area contributed by atoms with Crippen molar-refractivity contribution in [1.82, 2.24) is 54.0 Å². The van der Waals surface area contributed by atoms with E-state index < -0.39 is 89.4 Å². The molecule has 5 N–H and O–H groups in total. The number of furan rings is 2. The van der Waals surface area contributed by atoms with E-state index in [1.165, 1.54) is 92.6 Å². The van der Waals surface area contributed by atoms with Crippen molar-refractivity contribution in [3.8, 4) is 34.5 Å². The summed E-state index contributed by atoms with van der Waals surface area (Å²) in [4.78, 5) is 184. The maximum Gasteiger partial charge on any atom is 0.336 e. The molecule has 9 aliphatic rings. The summed E-state index contributed by atoms with van der Waals surface area (Å²) in [5, 5.41) is 7.28. The van der Waals surface area contributed by atoms with Gasteiger partial charge in [0.15, 0.2) is 34.0 Å². The molecule has 35 nitrogen and oxygen atoms in total. The van der Waals surface area contributed by atoms with Crippen molar-refractivity contribution in [2.75, 3.05) is 42.5 Å². The smallest absolute Gasteiger partial charge is 0.336 e. The number of carbonyl (C=O) groups excluding carboxylic acids is 8. The minimum atomic E-state index is -0.686. The number of esters is 2. The fraction of sp³-hybridized carbons (Fsp3) is 0.338. The summed E-state index contributed by atoms with van der Waals surface area (Å²) < 4.78 is 53.4. The van der Waals surface area contributed by atoms with Gasteiger partial charge in [0.2, 0.25) is 35.0 Å². The van der Waals surface area contributed by atoms with E-state index in [4.69, 9.17) is 41.7 Å². The fourth-order valence-electron chi connectivity index (χ4n) is 14.7. The standard InChI is InChI=1S/C22H20N4O8.C18H15NO6.C12H8O4.3C5H6N2O2.CH4/c1-25-12-9(18(27)23-21(25)30)7-5-4-6-8-10-13(26(2)22(31)24-19(10)28)16(8)33-14(6)17(32-3)15(5)34-20(29)11(7)12;1-19-10(21)6-9(20)12-11-8-5-7-3-4-24-15(7)17(23-2)16(8)25-18(22)13(11)14(12)19;1-14-12-10-8(4-5-15-10)6-7-2-3-9(13)16-11(7)12;3*1-7-3-2-4(8)6-5(7)9;/h4,7-13,16H,1-3H3,(H,23,27,30)(H,24,28,31);3-5,11-14H,6H2,1-2H3;2-6H,1H3;3*2-3H,1H3,(H,6,8,9);1H4. The molecule has 12 heterocycles. The van der Waals surface area contributed by atoms with Gasteiger partial charge in [-0.3, -0.25) is 68.7 Å². The molecule has 12 unspecified atom stereocenters. The van der Waals surface area contributed by atoms with Crippen LogP contribution in [0.5, 0.6) is 34.5 Å². The monoisotopic (exact) mass is 1420 g/mol. The molecule has 0 radical (unpaired) electrons. The van der Waals surface area contributed by atoms with Gasteiger partial charge in [0.1, 0.15) is 11.9 Å². The number of amides is 7. The molecular formula is C68H65N11O24. The lowest BCUT2D eigenvalue weighted by Gasteiger charge is -2.57. The van der Waals surface area contributed by atoms with Crippen molar-refractivity contribution in [3.63, 3.8) is 0 Å². The zero-order valence-electron chi connectivity index (χ0n) is 55.3. The summed E-state index contributed by atoms with van der Waals surface area (Å²) in [5.41, 5.74) is 0.965. The highest BCUT2D eigenvalue weighted by Gasteiger charge is 2.69. The molecule has 3 aliphatic carbocycles. The molecule has 0 spiro atoms. The van der Waals surface area contributed by atoms with Crippen LogP contribution in [-0.4, -0.2) is 158 Å². The van der Waals surface area contributed by atoms with Crippen LogP contribution in [0.1, 0.15) is 48.3 Å². The zero-order valence-corrected chi connectivity index (χ0v) is 55.3. The highest BCUT2D eigenvalue weighted by atomic mass is 16.6. The summed E-state index contributed by atoms with van der Waals surface area (Å²) in [6.07, 6.45) is 6.81. The number of ether oxygens (including phenoxy) is 6. The van der Waals surface area contributed by atoms with Crippen LogP contribution in [0.25, 0.3) is 32.9 Å². The molecular weight excluding hydrogens is 1350 g/mol. The number of fused-ring (bicyclic) bond motifs is 21. The van der Waals surface area contributed by atoms with Gasteiger partial charge in [0, 0.05) is 142 Å². The van der Waals surface area contributed by atoms with Crippen molar-refractivity contribution in [3.05, 3.63) is 181 Å². The number of methoxy groups -OCH3 is 3. The Balaban J connectivity index is 0.000000127. The molecule has 0 bridgehead atoms. The number of benzene rings is 3. The first kappa shape index (κ1) is 70.0. The fourth-order valence-corrected chi connectivity index (χ4v) is 14.7. The number of hydrogen-bond donors (Lipinski definition) is 5. The molecule has 6 fully saturated rings. The quantitative estimate of drug-likeness (QED) is 0.0722. The van der Waals surface area contributed by atoms with Crippen molar-refractivity contribution in [2.45, 2.75) is 55.8 Å². The number of nitrogens with zero attached hydrogens (tertiary/aromatic N) is 6. The number of ketones is 1. The van der Waals surface area contributed by atoms with E-state index in [1.54, 1.807) is 66.9 Å². The second-order valence-corrected chi connectivity index (χ2v) is 25.1. The van der Waals surface area contributed by atoms with Crippen LogP contribution in [0.4, 0.5) is 9.59 Å². The normalized spacial score (nSPS) is 24.2. The molecule has 3 saturated heterocycles. The van der Waals surface area contributed by atoms with E-state index in [9.17, 15) is 71.9 Å². The third kappa shape index (κ3) is 11.6. The third-order valence-corrected chi connectivity index (χ3v) is 19.7. The number of aromatic amines is 3. The van der Waals surface area contributed by atoms with E-state index >= 15 is 0 Å². The molecule has 7 amide bonds. The Morgan fingerprint density at radius 1 is 0.427 bits per heavy atom. The first-order valence-corrected chi connectivity index (χ1v) is 31.3. The molecule has 6 aromatic heterocycles. The van der Waals surface area contributed by atoms with Crippen molar-refractivity contribution < 1.29 is 80.0 Å². The lowest BCUT2D eigenvalue weighted by Crippen LogP contribution is -2.72. The van der Waals surface area contributed by atoms with Crippen molar-refractivity contribution in [1.29, 1.82) is 0 Å². The average Bonchev–Trinajstić information content (AvgIpc) is 1.52. The summed E-state index contributed by atoms with van der Waals surface area (Å²) in [5.74, 6) is -3.99. The topological polar surface area (TPSA) is 447 Å². The third-order valence-electron chi connectivity index (χ3n) is 19.7. The van der Waals surface area contributed by atoms with E-state index in [2.05, 4.69) is 25.6 Å². The number of likely N-dealkylation sites (tertiary alicyclic amines) is 1. The highest BCUT2D eigenvalue weighted by molar-refractivity contribution is 6.07. The largest absolute Gasteiger partial charge is 0.490 e. The predicted molar refractivity (Wildman–Crippen MR) is 356 cm³/mol. The lowest BCUT2D eigenvalue weighted by molar-refractivity contribution is -0.170. The number of aryl methyl sites for hydroxylation is 3. The van der Waals surface area contributed by atoms with Gasteiger partial charge in [-0.2, -0.15) is 0 Å². The lowest BCUT2D eigenvalue weighted by atomic mass is 9.53. The molecule has 9 aromatic rings. The number of H-pyrrole nitrogens is 3. The summed E-state index contributed by atoms with van der Waals surface area (Å²) in [6, 6.07) is 13.8. The maximum atomic E-state index is 13.0. The van der Waals surface area contributed by atoms with Crippen LogP contribution in [0.15, 0.2) is 139 Å². The highest BCUT2D eigenvalue weighted by Crippen LogP contribution is 2.65. The van der Waals surface area contributed by atoms with Crippen LogP contribution in [0, 0.1) is 29.6 Å². The molecule has 3 aromatic carbocycles. The van der Waals surface area contributed by atoms with Crippen LogP contribution in [0.3, 0.4) is 0 Å². The molecule has 12 atom stereocenters. The number of nitrogens with one attached hydrogen (secondary N) is 5. The second-order valence-electron chi connectivity index (χ2n) is 25.1. The van der Waals surface area contributed by atoms with Crippen LogP contribution >= 0.6 is 0 Å². The predicted octanol–water partition coefficient (Wildman–Crippen LogP) is 1.41. The van der Waals surface area contributed by atoms with E-state index in [1.807, 2.05) is 24.3 Å². The Kier molecular flexibility index (Phi) is 18.1. The minimum absolute atomic E-state index is 0. The van der Waals surface area contributed by atoms with Crippen molar-refractivity contribution >= 4 is 80.4 Å². The molecule has 536 valence electrons. The van der Waals surface area contributed by atoms with E-state index in [-0.39, 0.29) is 94.4 Å². The summed E-state index contributed by atoms with van der Waals surface area (Å²) in [6.45, 7) is 0. The number of rotatable bonds is 3. The zero-order chi connectivity index (χ0) is 72.9.